The highest BCUT2D eigenvalue weighted by molar-refractivity contribution is 5.76. The second kappa shape index (κ2) is 4.03. The summed E-state index contributed by atoms with van der Waals surface area (Å²) in [4.78, 5) is 4.46. The molecule has 0 aliphatic carbocycles. The number of hydrogen-bond donors (Lipinski definition) is 1. The Morgan fingerprint density at radius 3 is 2.87 bits per heavy atom. The molecule has 0 aliphatic rings. The summed E-state index contributed by atoms with van der Waals surface area (Å²) in [5, 5.41) is 3.13. The lowest BCUT2D eigenvalue weighted by atomic mass is 10.2. The van der Waals surface area contributed by atoms with E-state index in [0.717, 1.165) is 29.1 Å². The number of rotatable bonds is 3. The molecular formula is C12H16N2O. The van der Waals surface area contributed by atoms with E-state index in [1.165, 1.54) is 0 Å². The largest absolute Gasteiger partial charge is 0.440 e. The lowest BCUT2D eigenvalue weighted by molar-refractivity contribution is 0.498. The van der Waals surface area contributed by atoms with Crippen LogP contribution in [0.1, 0.15) is 31.2 Å². The number of nitrogens with zero attached hydrogens (tertiary/aromatic N) is 1. The molecule has 0 fully saturated rings. The lowest BCUT2D eigenvalue weighted by Gasteiger charge is -1.99. The normalized spacial score (nSPS) is 11.5. The summed E-state index contributed by atoms with van der Waals surface area (Å²) in [5.41, 5.74) is 3.02. The van der Waals surface area contributed by atoms with Crippen molar-refractivity contribution >= 4 is 11.1 Å². The molecule has 80 valence electrons. The summed E-state index contributed by atoms with van der Waals surface area (Å²) in [6.45, 7) is 4.98. The molecule has 0 bridgehead atoms. The van der Waals surface area contributed by atoms with Crippen molar-refractivity contribution in [2.75, 3.05) is 7.05 Å². The Kier molecular flexibility index (Phi) is 2.73. The van der Waals surface area contributed by atoms with Crippen LogP contribution in [0.15, 0.2) is 22.6 Å². The van der Waals surface area contributed by atoms with Crippen molar-refractivity contribution in [2.24, 2.45) is 0 Å². The third kappa shape index (κ3) is 1.88. The molecule has 0 saturated carbocycles. The van der Waals surface area contributed by atoms with Gasteiger partial charge in [0.2, 0.25) is 0 Å². The van der Waals surface area contributed by atoms with Gasteiger partial charge >= 0.3 is 0 Å². The second-order valence-electron chi connectivity index (χ2n) is 4.00. The summed E-state index contributed by atoms with van der Waals surface area (Å²) in [6.07, 6.45) is 0. The minimum atomic E-state index is 0.333. The number of benzene rings is 1. The Hall–Kier alpha value is -1.35. The van der Waals surface area contributed by atoms with Crippen LogP contribution in [-0.4, -0.2) is 12.0 Å². The highest BCUT2D eigenvalue weighted by atomic mass is 16.3. The molecule has 0 spiro atoms. The van der Waals surface area contributed by atoms with Crippen molar-refractivity contribution in [1.82, 2.24) is 10.3 Å². The zero-order valence-electron chi connectivity index (χ0n) is 9.37. The number of aromatic nitrogens is 1. The molecule has 1 N–H and O–H groups in total. The van der Waals surface area contributed by atoms with Crippen molar-refractivity contribution in [2.45, 2.75) is 26.3 Å². The van der Waals surface area contributed by atoms with Crippen molar-refractivity contribution < 1.29 is 4.42 Å². The van der Waals surface area contributed by atoms with Crippen LogP contribution in [-0.2, 0) is 6.54 Å². The molecule has 1 heterocycles. The Morgan fingerprint density at radius 2 is 2.20 bits per heavy atom. The summed E-state index contributed by atoms with van der Waals surface area (Å²) in [7, 11) is 1.93. The molecule has 2 aromatic rings. The molecule has 2 rings (SSSR count). The van der Waals surface area contributed by atoms with Crippen molar-refractivity contribution in [3.05, 3.63) is 29.7 Å². The fourth-order valence-corrected chi connectivity index (χ4v) is 1.60. The molecule has 3 heteroatoms. The smallest absolute Gasteiger partial charge is 0.198 e. The molecule has 1 aromatic heterocycles. The van der Waals surface area contributed by atoms with Gasteiger partial charge in [-0.15, -0.1) is 0 Å². The summed E-state index contributed by atoms with van der Waals surface area (Å²) in [5.74, 6) is 1.15. The van der Waals surface area contributed by atoms with Gasteiger partial charge in [-0.05, 0) is 13.1 Å². The van der Waals surface area contributed by atoms with Gasteiger partial charge in [0.15, 0.2) is 11.5 Å². The van der Waals surface area contributed by atoms with Crippen molar-refractivity contribution in [3.8, 4) is 0 Å². The fraction of sp³-hybridized carbons (Fsp3) is 0.417. The predicted octanol–water partition coefficient (Wildman–Crippen LogP) is 2.67. The van der Waals surface area contributed by atoms with Gasteiger partial charge in [-0.25, -0.2) is 4.98 Å². The Balaban J connectivity index is 2.54. The first-order chi connectivity index (χ1) is 7.22. The Bertz CT molecular complexity index is 460. The number of oxazole rings is 1. The standard InChI is InChI=1S/C12H16N2O/c1-8(2)12-14-10-6-4-5-9(7-13-3)11(10)15-12/h4-6,8,13H,7H2,1-3H3. The molecule has 0 atom stereocenters. The Morgan fingerprint density at radius 1 is 1.40 bits per heavy atom. The summed E-state index contributed by atoms with van der Waals surface area (Å²) in [6, 6.07) is 6.07. The van der Waals surface area contributed by atoms with E-state index in [4.69, 9.17) is 4.42 Å². The average molecular weight is 204 g/mol. The average Bonchev–Trinajstić information content (AvgIpc) is 2.63. The van der Waals surface area contributed by atoms with Crippen LogP contribution in [0.3, 0.4) is 0 Å². The van der Waals surface area contributed by atoms with Crippen LogP contribution < -0.4 is 5.32 Å². The third-order valence-corrected chi connectivity index (χ3v) is 2.37. The number of para-hydroxylation sites is 1. The minimum absolute atomic E-state index is 0.333. The van der Waals surface area contributed by atoms with Crippen LogP contribution in [0.5, 0.6) is 0 Å². The number of hydrogen-bond acceptors (Lipinski definition) is 3. The molecule has 0 saturated heterocycles. The number of fused-ring (bicyclic) bond motifs is 1. The van der Waals surface area contributed by atoms with E-state index in [2.05, 4.69) is 30.2 Å². The minimum Gasteiger partial charge on any atom is -0.440 e. The molecular weight excluding hydrogens is 188 g/mol. The van der Waals surface area contributed by atoms with Crippen LogP contribution in [0.2, 0.25) is 0 Å². The molecule has 0 amide bonds. The maximum Gasteiger partial charge on any atom is 0.198 e. The Labute approximate surface area is 89.5 Å². The van der Waals surface area contributed by atoms with E-state index in [1.807, 2.05) is 19.2 Å². The maximum absolute atomic E-state index is 5.76. The van der Waals surface area contributed by atoms with Crippen LogP contribution in [0.4, 0.5) is 0 Å². The maximum atomic E-state index is 5.76. The van der Waals surface area contributed by atoms with E-state index in [0.29, 0.717) is 5.92 Å². The zero-order valence-corrected chi connectivity index (χ0v) is 9.37. The van der Waals surface area contributed by atoms with Gasteiger partial charge in [0.1, 0.15) is 5.52 Å². The van der Waals surface area contributed by atoms with Crippen molar-refractivity contribution in [1.29, 1.82) is 0 Å². The second-order valence-corrected chi connectivity index (χ2v) is 4.00. The topological polar surface area (TPSA) is 38.1 Å². The predicted molar refractivity (Wildman–Crippen MR) is 60.9 cm³/mol. The van der Waals surface area contributed by atoms with Gasteiger partial charge in [0.25, 0.3) is 0 Å². The monoisotopic (exact) mass is 204 g/mol. The van der Waals surface area contributed by atoms with Gasteiger partial charge < -0.3 is 9.73 Å². The molecule has 1 aromatic carbocycles. The van der Waals surface area contributed by atoms with Crippen LogP contribution >= 0.6 is 0 Å². The fourth-order valence-electron chi connectivity index (χ4n) is 1.60. The highest BCUT2D eigenvalue weighted by Gasteiger charge is 2.11. The molecule has 15 heavy (non-hydrogen) atoms. The van der Waals surface area contributed by atoms with Crippen molar-refractivity contribution in [3.63, 3.8) is 0 Å². The SMILES string of the molecule is CNCc1cccc2nc(C(C)C)oc12. The van der Waals surface area contributed by atoms with Crippen LogP contribution in [0, 0.1) is 0 Å². The van der Waals surface area contributed by atoms with E-state index in [1.54, 1.807) is 0 Å². The van der Waals surface area contributed by atoms with Crippen LogP contribution in [0.25, 0.3) is 11.1 Å². The summed E-state index contributed by atoms with van der Waals surface area (Å²) >= 11 is 0. The number of nitrogens with one attached hydrogen (secondary N) is 1. The lowest BCUT2D eigenvalue weighted by Crippen LogP contribution is -2.04. The highest BCUT2D eigenvalue weighted by Crippen LogP contribution is 2.23. The van der Waals surface area contributed by atoms with Gasteiger partial charge in [-0.3, -0.25) is 0 Å². The third-order valence-electron chi connectivity index (χ3n) is 2.37. The van der Waals surface area contributed by atoms with Gasteiger partial charge in [-0.1, -0.05) is 26.0 Å². The molecule has 0 radical (unpaired) electrons. The molecule has 0 unspecified atom stereocenters. The first-order valence-electron chi connectivity index (χ1n) is 5.25. The van der Waals surface area contributed by atoms with E-state index >= 15 is 0 Å². The molecule has 3 nitrogen and oxygen atoms in total. The first kappa shape index (κ1) is 10.2. The van der Waals surface area contributed by atoms with Gasteiger partial charge in [-0.2, -0.15) is 0 Å². The summed E-state index contributed by atoms with van der Waals surface area (Å²) < 4.78 is 5.76. The molecule has 0 aliphatic heterocycles. The van der Waals surface area contributed by atoms with E-state index in [9.17, 15) is 0 Å². The van der Waals surface area contributed by atoms with E-state index < -0.39 is 0 Å². The van der Waals surface area contributed by atoms with Gasteiger partial charge in [0, 0.05) is 18.0 Å². The quantitative estimate of drug-likeness (QED) is 0.835. The van der Waals surface area contributed by atoms with E-state index in [-0.39, 0.29) is 0 Å². The van der Waals surface area contributed by atoms with Gasteiger partial charge in [0.05, 0.1) is 0 Å². The zero-order chi connectivity index (χ0) is 10.8. The first-order valence-corrected chi connectivity index (χ1v) is 5.25.